The van der Waals surface area contributed by atoms with E-state index in [4.69, 9.17) is 19.9 Å². The van der Waals surface area contributed by atoms with Crippen LogP contribution in [0.15, 0.2) is 122 Å². The van der Waals surface area contributed by atoms with Gasteiger partial charge in [0.05, 0.1) is 22.8 Å². The number of nitrogens with zero attached hydrogens (tertiary/aromatic N) is 8. The molecule has 0 amide bonds. The molecule has 2 aliphatic heterocycles. The first kappa shape index (κ1) is 44.7. The maximum absolute atomic E-state index is 5.35. The number of fused-ring (bicyclic) bond motifs is 8. The first-order valence-electron chi connectivity index (χ1n) is 17.3. The number of aryl methyl sites for hydroxylation is 4. The van der Waals surface area contributed by atoms with Crippen molar-refractivity contribution in [3.05, 3.63) is 145 Å². The van der Waals surface area contributed by atoms with Gasteiger partial charge in [-0.1, -0.05) is 24.3 Å². The fourth-order valence-corrected chi connectivity index (χ4v) is 6.94. The zero-order chi connectivity index (χ0) is 35.3. The van der Waals surface area contributed by atoms with Crippen LogP contribution in [0.5, 0.6) is 0 Å². The monoisotopic (exact) mass is 880 g/mol. The Bertz CT molecular complexity index is 2390. The first-order chi connectivity index (χ1) is 25.4. The third-order valence-electron chi connectivity index (χ3n) is 9.68. The van der Waals surface area contributed by atoms with Gasteiger partial charge >= 0.3 is 19.5 Å². The second-order valence-corrected chi connectivity index (χ2v) is 13.4. The van der Waals surface area contributed by atoms with Crippen molar-refractivity contribution >= 4 is 46.4 Å². The molecule has 0 saturated heterocycles. The Hall–Kier alpha value is -5.02. The molecule has 0 spiro atoms. The molecular weight excluding hydrogens is 848 g/mol. The topological polar surface area (TPSA) is 69.5 Å². The van der Waals surface area contributed by atoms with Crippen LogP contribution in [0.2, 0.25) is 0 Å². The van der Waals surface area contributed by atoms with Crippen LogP contribution in [0.25, 0.3) is 90.9 Å². The number of rotatable bonds is 4. The summed E-state index contributed by atoms with van der Waals surface area (Å²) in [5, 5.41) is 0. The molecule has 0 unspecified atom stereocenters. The minimum absolute atomic E-state index is 0. The average Bonchev–Trinajstić information content (AvgIpc) is 3.99. The van der Waals surface area contributed by atoms with Crippen molar-refractivity contribution < 1.29 is 87.4 Å². The number of pyridine rings is 4. The molecule has 0 aliphatic carbocycles. The van der Waals surface area contributed by atoms with Crippen LogP contribution in [0, 0.1) is 0 Å². The van der Waals surface area contributed by atoms with Gasteiger partial charge in [-0.25, -0.2) is 28.2 Å². The van der Waals surface area contributed by atoms with Gasteiger partial charge in [-0.15, -0.1) is 22.1 Å². The molecule has 0 radical (unpaired) electrons. The van der Waals surface area contributed by atoms with Gasteiger partial charge in [0.15, 0.2) is 49.6 Å². The van der Waals surface area contributed by atoms with E-state index in [2.05, 4.69) is 147 Å². The number of halogens is 4. The molecular formula is C44H36Cl4N8Zn. The Morgan fingerprint density at radius 1 is 0.333 bits per heavy atom. The van der Waals surface area contributed by atoms with Gasteiger partial charge in [-0.05, 0) is 68.8 Å². The van der Waals surface area contributed by atoms with Crippen LogP contribution in [-0.2, 0) is 47.7 Å². The summed E-state index contributed by atoms with van der Waals surface area (Å²) in [6.45, 7) is 0. The summed E-state index contributed by atoms with van der Waals surface area (Å²) >= 11 is 0. The van der Waals surface area contributed by atoms with Gasteiger partial charge in [0.2, 0.25) is 0 Å². The molecule has 9 heterocycles. The van der Waals surface area contributed by atoms with Crippen LogP contribution >= 0.6 is 0 Å². The van der Waals surface area contributed by atoms with Crippen molar-refractivity contribution in [3.63, 3.8) is 0 Å². The Balaban J connectivity index is 0.00000144. The van der Waals surface area contributed by atoms with Crippen LogP contribution < -0.4 is 77.9 Å². The van der Waals surface area contributed by atoms with Crippen molar-refractivity contribution in [1.82, 2.24) is 19.9 Å². The van der Waals surface area contributed by atoms with E-state index in [0.29, 0.717) is 0 Å². The molecule has 282 valence electrons. The average molecular weight is 884 g/mol. The Morgan fingerprint density at radius 2 is 0.526 bits per heavy atom. The number of hydrogen-bond donors (Lipinski definition) is 0. The van der Waals surface area contributed by atoms with Crippen LogP contribution in [-0.4, -0.2) is 9.97 Å². The molecule has 9 rings (SSSR count). The molecule has 0 saturated carbocycles. The third-order valence-corrected chi connectivity index (χ3v) is 9.68. The van der Waals surface area contributed by atoms with Crippen molar-refractivity contribution in [2.75, 3.05) is 0 Å². The minimum atomic E-state index is 0. The molecule has 57 heavy (non-hydrogen) atoms. The van der Waals surface area contributed by atoms with E-state index in [1.807, 2.05) is 46.5 Å². The first-order valence-corrected chi connectivity index (χ1v) is 17.3. The molecule has 2 aliphatic rings. The molecule has 7 aromatic heterocycles. The standard InChI is InChI=1S/C44H36N8.4ClH.Zn/c1-49-21-13-29(14-22-49)41-33-5-7-35(45-33)42(30-15-23-50(2)24-16-30)37-9-11-39(47-37)44(32-19-27-52(4)28-20-32)40-12-10-38(48-40)43(36-8-6-34(41)46-36)31-17-25-51(3)26-18-31;;;;;/h5-28H,1-4H3;4*1H;/q+2;;;;;+2/p-4. The maximum atomic E-state index is 5.35. The normalized spacial score (nSPS) is 11.0. The zero-order valence-corrected chi connectivity index (χ0v) is 37.6. The van der Waals surface area contributed by atoms with Gasteiger partial charge in [0, 0.05) is 48.5 Å². The molecule has 0 fully saturated rings. The zero-order valence-electron chi connectivity index (χ0n) is 31.7. The molecule has 0 atom stereocenters. The Morgan fingerprint density at radius 3 is 0.719 bits per heavy atom. The van der Waals surface area contributed by atoms with Crippen LogP contribution in [0.4, 0.5) is 0 Å². The maximum Gasteiger partial charge on any atom is 2.00 e. The van der Waals surface area contributed by atoms with E-state index in [-0.39, 0.29) is 69.1 Å². The van der Waals surface area contributed by atoms with E-state index >= 15 is 0 Å². The number of hydrogen-bond acceptors (Lipinski definition) is 2. The molecule has 0 aromatic carbocycles. The molecule has 8 nitrogen and oxygen atoms in total. The van der Waals surface area contributed by atoms with E-state index in [1.165, 1.54) is 0 Å². The summed E-state index contributed by atoms with van der Waals surface area (Å²) in [5.74, 6) is 0. The Kier molecular flexibility index (Phi) is 14.5. The summed E-state index contributed by atoms with van der Waals surface area (Å²) in [6.07, 6.45) is 24.9. The van der Waals surface area contributed by atoms with E-state index in [9.17, 15) is 0 Å². The van der Waals surface area contributed by atoms with E-state index < -0.39 is 0 Å². The smallest absolute Gasteiger partial charge is 1.00 e. The van der Waals surface area contributed by atoms with E-state index in [0.717, 1.165) is 89.4 Å². The van der Waals surface area contributed by atoms with Gasteiger partial charge < -0.3 is 59.6 Å². The fourth-order valence-electron chi connectivity index (χ4n) is 6.94. The summed E-state index contributed by atoms with van der Waals surface area (Å²) < 4.78 is 8.14. The largest absolute Gasteiger partial charge is 2.00 e. The quantitative estimate of drug-likeness (QED) is 0.131. The van der Waals surface area contributed by atoms with Crippen molar-refractivity contribution in [1.29, 1.82) is 0 Å². The van der Waals surface area contributed by atoms with Gasteiger partial charge in [0.1, 0.15) is 28.2 Å². The summed E-state index contributed by atoms with van der Waals surface area (Å²) in [7, 11) is 8.10. The second kappa shape index (κ2) is 18.5. The summed E-state index contributed by atoms with van der Waals surface area (Å²) in [4.78, 5) is 21.4. The second-order valence-electron chi connectivity index (χ2n) is 13.4. The molecule has 8 bridgehead atoms. The molecule has 0 N–H and O–H groups in total. The van der Waals surface area contributed by atoms with Crippen LogP contribution in [0.3, 0.4) is 0 Å². The third kappa shape index (κ3) is 8.64. The van der Waals surface area contributed by atoms with Gasteiger partial charge in [0.25, 0.3) is 0 Å². The minimum Gasteiger partial charge on any atom is -1.00 e. The van der Waals surface area contributed by atoms with E-state index in [1.54, 1.807) is 0 Å². The summed E-state index contributed by atoms with van der Waals surface area (Å²) in [5.41, 5.74) is 14.7. The summed E-state index contributed by atoms with van der Waals surface area (Å²) in [6, 6.07) is 25.4. The van der Waals surface area contributed by atoms with Crippen molar-refractivity contribution in [2.45, 2.75) is 0 Å². The number of aromatic nitrogens is 8. The van der Waals surface area contributed by atoms with Crippen molar-refractivity contribution in [3.8, 4) is 44.5 Å². The molecule has 13 heteroatoms. The fraction of sp³-hybridized carbons (Fsp3) is 0.0909. The Labute approximate surface area is 369 Å². The van der Waals surface area contributed by atoms with Crippen molar-refractivity contribution in [2.24, 2.45) is 28.2 Å². The van der Waals surface area contributed by atoms with Crippen LogP contribution in [0.1, 0.15) is 22.8 Å². The SMILES string of the molecule is C[n+]1ccc(-c2c3nc(c(-c4cc[n+](C)cc4)c4ccc([n-]4)c(-c4cc[n+](C)cc4)c4nc(c(-c5cc[n+](C)cc5)c5ccc2[n-]5)C=C4)C=C3)cc1.[Cl-].[Cl-].[Cl-].[Cl-].[Zn+2]. The van der Waals surface area contributed by atoms with Gasteiger partial charge in [-0.2, -0.15) is 0 Å². The predicted octanol–water partition coefficient (Wildman–Crippen LogP) is -6.11. The predicted molar refractivity (Wildman–Crippen MR) is 203 cm³/mol. The molecule has 7 aromatic rings. The van der Waals surface area contributed by atoms with Gasteiger partial charge in [-0.3, -0.25) is 0 Å².